The molecule has 0 aliphatic rings. The van der Waals surface area contributed by atoms with Crippen LogP contribution in [0.15, 0.2) is 48.5 Å². The number of esters is 2. The minimum atomic E-state index is -0.416. The van der Waals surface area contributed by atoms with Crippen LogP contribution < -0.4 is 4.74 Å². The van der Waals surface area contributed by atoms with Gasteiger partial charge >= 0.3 is 11.9 Å². The summed E-state index contributed by atoms with van der Waals surface area (Å²) in [7, 11) is 0. The molecule has 28 heavy (non-hydrogen) atoms. The number of hydrogen-bond acceptors (Lipinski definition) is 4. The molecule has 4 heteroatoms. The maximum absolute atomic E-state index is 12.2. The summed E-state index contributed by atoms with van der Waals surface area (Å²) in [5, 5.41) is 0. The fourth-order valence-electron chi connectivity index (χ4n) is 2.83. The number of unbranched alkanes of at least 4 members (excludes halogenated alkanes) is 5. The lowest BCUT2D eigenvalue weighted by atomic mass is 10.1. The Morgan fingerprint density at radius 1 is 0.714 bits per heavy atom. The Labute approximate surface area is 167 Å². The fourth-order valence-corrected chi connectivity index (χ4v) is 2.83. The lowest BCUT2D eigenvalue weighted by Crippen LogP contribution is -2.09. The van der Waals surface area contributed by atoms with Gasteiger partial charge in [0.2, 0.25) is 0 Å². The van der Waals surface area contributed by atoms with Gasteiger partial charge in [-0.1, -0.05) is 58.1 Å². The molecule has 0 amide bonds. The molecule has 0 saturated heterocycles. The second-order valence-electron chi connectivity index (χ2n) is 6.87. The van der Waals surface area contributed by atoms with E-state index >= 15 is 0 Å². The highest BCUT2D eigenvalue weighted by atomic mass is 16.5. The van der Waals surface area contributed by atoms with Crippen molar-refractivity contribution >= 4 is 11.9 Å². The van der Waals surface area contributed by atoms with Crippen LogP contribution in [-0.4, -0.2) is 18.5 Å². The van der Waals surface area contributed by atoms with Crippen molar-refractivity contribution in [2.24, 2.45) is 0 Å². The Hall–Kier alpha value is -2.62. The number of carbonyl (C=O) groups excluding carboxylic acids is 2. The van der Waals surface area contributed by atoms with E-state index in [2.05, 4.69) is 13.8 Å². The number of aryl methyl sites for hydroxylation is 1. The van der Waals surface area contributed by atoms with Crippen LogP contribution in [0.2, 0.25) is 0 Å². The highest BCUT2D eigenvalue weighted by Crippen LogP contribution is 2.16. The van der Waals surface area contributed by atoms with E-state index in [9.17, 15) is 9.59 Å². The predicted octanol–water partition coefficient (Wildman–Crippen LogP) is 5.99. The zero-order valence-electron chi connectivity index (χ0n) is 16.9. The van der Waals surface area contributed by atoms with Crippen LogP contribution in [0.25, 0.3) is 0 Å². The lowest BCUT2D eigenvalue weighted by Gasteiger charge is -2.07. The fraction of sp³-hybridized carbons (Fsp3) is 0.417. The molecule has 2 rings (SSSR count). The molecule has 2 aromatic carbocycles. The SMILES string of the molecule is CCCCCCCCOC(=O)c1ccc(OC(=O)c2ccc(CC)cc2)cc1. The standard InChI is InChI=1S/C24H30O4/c1-3-5-6-7-8-9-18-27-23(25)20-14-16-22(17-15-20)28-24(26)21-12-10-19(4-2)11-13-21/h10-17H,3-9,18H2,1-2H3. The van der Waals surface area contributed by atoms with Crippen LogP contribution in [0.5, 0.6) is 5.75 Å². The van der Waals surface area contributed by atoms with Crippen LogP contribution in [0.1, 0.15) is 78.7 Å². The van der Waals surface area contributed by atoms with Crippen LogP contribution in [0, 0.1) is 0 Å². The second kappa shape index (κ2) is 12.0. The Balaban J connectivity index is 1.77. The van der Waals surface area contributed by atoms with Crippen LogP contribution in [0.3, 0.4) is 0 Å². The van der Waals surface area contributed by atoms with Gasteiger partial charge in [-0.2, -0.15) is 0 Å². The summed E-state index contributed by atoms with van der Waals surface area (Å²) in [5.41, 5.74) is 2.12. The van der Waals surface area contributed by atoms with Gasteiger partial charge in [0.15, 0.2) is 0 Å². The van der Waals surface area contributed by atoms with Crippen molar-refractivity contribution in [3.63, 3.8) is 0 Å². The molecule has 0 N–H and O–H groups in total. The number of hydrogen-bond donors (Lipinski definition) is 0. The van der Waals surface area contributed by atoms with Gasteiger partial charge in [-0.25, -0.2) is 9.59 Å². The first-order chi connectivity index (χ1) is 13.6. The van der Waals surface area contributed by atoms with E-state index in [-0.39, 0.29) is 5.97 Å². The third-order valence-electron chi connectivity index (χ3n) is 4.63. The molecule has 4 nitrogen and oxygen atoms in total. The van der Waals surface area contributed by atoms with Crippen molar-refractivity contribution in [1.82, 2.24) is 0 Å². The summed E-state index contributed by atoms with van der Waals surface area (Å²) in [6, 6.07) is 13.8. The molecule has 0 aromatic heterocycles. The first kappa shape index (κ1) is 21.7. The van der Waals surface area contributed by atoms with E-state index in [4.69, 9.17) is 9.47 Å². The van der Waals surface area contributed by atoms with E-state index in [1.54, 1.807) is 36.4 Å². The Morgan fingerprint density at radius 2 is 1.29 bits per heavy atom. The quantitative estimate of drug-likeness (QED) is 0.272. The topological polar surface area (TPSA) is 52.6 Å². The van der Waals surface area contributed by atoms with Crippen LogP contribution in [-0.2, 0) is 11.2 Å². The van der Waals surface area contributed by atoms with Gasteiger partial charge in [-0.15, -0.1) is 0 Å². The summed E-state index contributed by atoms with van der Waals surface area (Å²) in [4.78, 5) is 24.3. The average Bonchev–Trinajstić information content (AvgIpc) is 2.73. The highest BCUT2D eigenvalue weighted by molar-refractivity contribution is 5.92. The maximum Gasteiger partial charge on any atom is 0.343 e. The normalized spacial score (nSPS) is 10.5. The number of ether oxygens (including phenoxy) is 2. The number of benzene rings is 2. The molecule has 150 valence electrons. The largest absolute Gasteiger partial charge is 0.462 e. The minimum Gasteiger partial charge on any atom is -0.462 e. The summed E-state index contributed by atoms with van der Waals surface area (Å²) in [6.45, 7) is 4.70. The Bertz CT molecular complexity index is 732. The van der Waals surface area contributed by atoms with Crippen molar-refractivity contribution in [3.05, 3.63) is 65.2 Å². The molecule has 0 bridgehead atoms. The van der Waals surface area contributed by atoms with Gasteiger partial charge in [0.25, 0.3) is 0 Å². The summed E-state index contributed by atoms with van der Waals surface area (Å²) >= 11 is 0. The number of rotatable bonds is 11. The Kier molecular flexibility index (Phi) is 9.26. The molecular formula is C24H30O4. The van der Waals surface area contributed by atoms with Crippen molar-refractivity contribution < 1.29 is 19.1 Å². The zero-order chi connectivity index (χ0) is 20.2. The van der Waals surface area contributed by atoms with E-state index in [0.717, 1.165) is 19.3 Å². The molecule has 0 radical (unpaired) electrons. The molecule has 0 heterocycles. The van der Waals surface area contributed by atoms with Gasteiger partial charge in [0, 0.05) is 0 Å². The van der Waals surface area contributed by atoms with E-state index in [0.29, 0.717) is 23.5 Å². The van der Waals surface area contributed by atoms with Crippen molar-refractivity contribution in [1.29, 1.82) is 0 Å². The highest BCUT2D eigenvalue weighted by Gasteiger charge is 2.11. The molecule has 0 aliphatic heterocycles. The van der Waals surface area contributed by atoms with Crippen molar-refractivity contribution in [2.45, 2.75) is 58.8 Å². The lowest BCUT2D eigenvalue weighted by molar-refractivity contribution is 0.0497. The van der Waals surface area contributed by atoms with Crippen molar-refractivity contribution in [2.75, 3.05) is 6.61 Å². The van der Waals surface area contributed by atoms with Gasteiger partial charge in [0.05, 0.1) is 17.7 Å². The van der Waals surface area contributed by atoms with Crippen LogP contribution in [0.4, 0.5) is 0 Å². The van der Waals surface area contributed by atoms with Crippen molar-refractivity contribution in [3.8, 4) is 5.75 Å². The maximum atomic E-state index is 12.2. The monoisotopic (exact) mass is 382 g/mol. The average molecular weight is 383 g/mol. The summed E-state index contributed by atoms with van der Waals surface area (Å²) in [5.74, 6) is -0.361. The molecule has 0 aliphatic carbocycles. The third-order valence-corrected chi connectivity index (χ3v) is 4.63. The molecule has 0 saturated carbocycles. The first-order valence-corrected chi connectivity index (χ1v) is 10.2. The third kappa shape index (κ3) is 7.18. The molecule has 2 aromatic rings. The molecule has 0 unspecified atom stereocenters. The smallest absolute Gasteiger partial charge is 0.343 e. The van der Waals surface area contributed by atoms with Gasteiger partial charge in [-0.3, -0.25) is 0 Å². The first-order valence-electron chi connectivity index (χ1n) is 10.2. The molecule has 0 atom stereocenters. The van der Waals surface area contributed by atoms with E-state index < -0.39 is 5.97 Å². The molecular weight excluding hydrogens is 352 g/mol. The van der Waals surface area contributed by atoms with Crippen LogP contribution >= 0.6 is 0 Å². The Morgan fingerprint density at radius 3 is 1.93 bits per heavy atom. The minimum absolute atomic E-state index is 0.346. The molecule has 0 spiro atoms. The van der Waals surface area contributed by atoms with E-state index in [1.165, 1.54) is 31.2 Å². The summed E-state index contributed by atoms with van der Waals surface area (Å²) in [6.07, 6.45) is 7.82. The second-order valence-corrected chi connectivity index (χ2v) is 6.87. The van der Waals surface area contributed by atoms with Gasteiger partial charge < -0.3 is 9.47 Å². The molecule has 0 fully saturated rings. The van der Waals surface area contributed by atoms with E-state index in [1.807, 2.05) is 12.1 Å². The summed E-state index contributed by atoms with van der Waals surface area (Å²) < 4.78 is 10.7. The zero-order valence-corrected chi connectivity index (χ0v) is 16.9. The predicted molar refractivity (Wildman–Crippen MR) is 111 cm³/mol. The number of carbonyl (C=O) groups is 2. The van der Waals surface area contributed by atoms with Gasteiger partial charge in [0.1, 0.15) is 5.75 Å². The van der Waals surface area contributed by atoms with Gasteiger partial charge in [-0.05, 0) is 54.8 Å².